The van der Waals surface area contributed by atoms with Gasteiger partial charge in [0.1, 0.15) is 5.82 Å². The van der Waals surface area contributed by atoms with Crippen LogP contribution in [-0.4, -0.2) is 16.5 Å². The standard InChI is InChI=1S/C11H12ClN3/c1-7-11-8(12)3-2-4-9(11)15-10(14-7)5-6-13/h2-4H,5-6,13H2,1H3. The van der Waals surface area contributed by atoms with Crippen LogP contribution < -0.4 is 5.73 Å². The molecule has 0 saturated carbocycles. The Kier molecular flexibility index (Phi) is 2.84. The van der Waals surface area contributed by atoms with Gasteiger partial charge in [-0.1, -0.05) is 17.7 Å². The van der Waals surface area contributed by atoms with E-state index in [9.17, 15) is 0 Å². The number of aryl methyl sites for hydroxylation is 1. The number of hydrogen-bond acceptors (Lipinski definition) is 3. The Morgan fingerprint density at radius 1 is 1.33 bits per heavy atom. The van der Waals surface area contributed by atoms with Gasteiger partial charge in [0.15, 0.2) is 0 Å². The zero-order chi connectivity index (χ0) is 10.8. The van der Waals surface area contributed by atoms with Crippen molar-refractivity contribution in [1.82, 2.24) is 9.97 Å². The molecule has 0 saturated heterocycles. The molecule has 3 nitrogen and oxygen atoms in total. The van der Waals surface area contributed by atoms with Crippen LogP contribution in [0, 0.1) is 6.92 Å². The molecule has 0 unspecified atom stereocenters. The second kappa shape index (κ2) is 4.13. The van der Waals surface area contributed by atoms with E-state index in [0.29, 0.717) is 18.0 Å². The molecule has 0 aliphatic heterocycles. The maximum absolute atomic E-state index is 6.09. The Labute approximate surface area is 93.3 Å². The van der Waals surface area contributed by atoms with Crippen LogP contribution in [0.15, 0.2) is 18.2 Å². The Bertz CT molecular complexity index is 496. The minimum absolute atomic E-state index is 0.561. The third-order valence-corrected chi connectivity index (χ3v) is 2.58. The summed E-state index contributed by atoms with van der Waals surface area (Å²) in [7, 11) is 0. The lowest BCUT2D eigenvalue weighted by atomic mass is 10.2. The monoisotopic (exact) mass is 221 g/mol. The summed E-state index contributed by atoms with van der Waals surface area (Å²) < 4.78 is 0. The average Bonchev–Trinajstić information content (AvgIpc) is 2.17. The first kappa shape index (κ1) is 10.3. The van der Waals surface area contributed by atoms with Gasteiger partial charge in [0, 0.05) is 11.8 Å². The van der Waals surface area contributed by atoms with E-state index < -0.39 is 0 Å². The highest BCUT2D eigenvalue weighted by atomic mass is 35.5. The number of halogens is 1. The minimum atomic E-state index is 0.561. The molecule has 0 aliphatic carbocycles. The maximum atomic E-state index is 6.09. The van der Waals surface area contributed by atoms with Gasteiger partial charge in [-0.2, -0.15) is 0 Å². The van der Waals surface area contributed by atoms with E-state index in [-0.39, 0.29) is 0 Å². The van der Waals surface area contributed by atoms with E-state index >= 15 is 0 Å². The van der Waals surface area contributed by atoms with Crippen LogP contribution in [-0.2, 0) is 6.42 Å². The molecular weight excluding hydrogens is 210 g/mol. The summed E-state index contributed by atoms with van der Waals surface area (Å²) in [6.07, 6.45) is 0.698. The molecule has 0 bridgehead atoms. The maximum Gasteiger partial charge on any atom is 0.130 e. The van der Waals surface area contributed by atoms with Crippen LogP contribution in [0.5, 0.6) is 0 Å². The smallest absolute Gasteiger partial charge is 0.130 e. The van der Waals surface area contributed by atoms with Crippen LogP contribution in [0.3, 0.4) is 0 Å². The van der Waals surface area contributed by atoms with Crippen molar-refractivity contribution in [3.8, 4) is 0 Å². The van der Waals surface area contributed by atoms with Crippen LogP contribution in [0.1, 0.15) is 11.5 Å². The van der Waals surface area contributed by atoms with Crippen molar-refractivity contribution in [2.45, 2.75) is 13.3 Å². The summed E-state index contributed by atoms with van der Waals surface area (Å²) in [4.78, 5) is 8.79. The van der Waals surface area contributed by atoms with Gasteiger partial charge in [-0.05, 0) is 25.6 Å². The van der Waals surface area contributed by atoms with Crippen LogP contribution in [0.25, 0.3) is 10.9 Å². The number of nitrogens with zero attached hydrogens (tertiary/aromatic N) is 2. The molecule has 2 N–H and O–H groups in total. The Hall–Kier alpha value is -1.19. The molecule has 1 heterocycles. The molecule has 0 spiro atoms. The van der Waals surface area contributed by atoms with E-state index in [1.165, 1.54) is 0 Å². The molecule has 0 amide bonds. The normalized spacial score (nSPS) is 10.9. The second-order valence-corrected chi connectivity index (χ2v) is 3.81. The lowest BCUT2D eigenvalue weighted by Gasteiger charge is -2.05. The van der Waals surface area contributed by atoms with Crippen molar-refractivity contribution < 1.29 is 0 Å². The quantitative estimate of drug-likeness (QED) is 0.845. The summed E-state index contributed by atoms with van der Waals surface area (Å²) >= 11 is 6.09. The molecule has 0 fully saturated rings. The zero-order valence-electron chi connectivity index (χ0n) is 8.50. The first-order valence-electron chi connectivity index (χ1n) is 4.84. The Balaban J connectivity index is 2.67. The first-order valence-corrected chi connectivity index (χ1v) is 5.22. The first-order chi connectivity index (χ1) is 7.22. The molecule has 2 aromatic rings. The van der Waals surface area contributed by atoms with Crippen molar-refractivity contribution in [1.29, 1.82) is 0 Å². The van der Waals surface area contributed by atoms with E-state index in [1.54, 1.807) is 0 Å². The molecule has 0 atom stereocenters. The van der Waals surface area contributed by atoms with Crippen molar-refractivity contribution in [2.75, 3.05) is 6.54 Å². The Morgan fingerprint density at radius 2 is 2.13 bits per heavy atom. The third kappa shape index (κ3) is 1.94. The molecular formula is C11H12ClN3. The predicted octanol–water partition coefficient (Wildman–Crippen LogP) is 2.09. The number of aromatic nitrogens is 2. The number of rotatable bonds is 2. The fraction of sp³-hybridized carbons (Fsp3) is 0.273. The fourth-order valence-electron chi connectivity index (χ4n) is 1.62. The van der Waals surface area contributed by atoms with Gasteiger partial charge in [-0.25, -0.2) is 9.97 Å². The molecule has 15 heavy (non-hydrogen) atoms. The summed E-state index contributed by atoms with van der Waals surface area (Å²) in [5.74, 6) is 0.782. The van der Waals surface area contributed by atoms with Gasteiger partial charge in [-0.3, -0.25) is 0 Å². The van der Waals surface area contributed by atoms with Gasteiger partial charge < -0.3 is 5.73 Å². The molecule has 0 aliphatic rings. The van der Waals surface area contributed by atoms with E-state index in [4.69, 9.17) is 17.3 Å². The van der Waals surface area contributed by atoms with E-state index in [0.717, 1.165) is 22.4 Å². The average molecular weight is 222 g/mol. The van der Waals surface area contributed by atoms with Crippen molar-refractivity contribution >= 4 is 22.5 Å². The van der Waals surface area contributed by atoms with Gasteiger partial charge >= 0.3 is 0 Å². The van der Waals surface area contributed by atoms with Crippen LogP contribution in [0.4, 0.5) is 0 Å². The van der Waals surface area contributed by atoms with Gasteiger partial charge in [-0.15, -0.1) is 0 Å². The van der Waals surface area contributed by atoms with Crippen LogP contribution in [0.2, 0.25) is 5.02 Å². The van der Waals surface area contributed by atoms with Crippen LogP contribution >= 0.6 is 11.6 Å². The van der Waals surface area contributed by atoms with Crippen molar-refractivity contribution in [2.24, 2.45) is 5.73 Å². The highest BCUT2D eigenvalue weighted by Gasteiger charge is 2.06. The number of nitrogens with two attached hydrogens (primary N) is 1. The summed E-state index contributed by atoms with van der Waals surface area (Å²) in [6.45, 7) is 2.50. The van der Waals surface area contributed by atoms with Crippen molar-refractivity contribution in [3.63, 3.8) is 0 Å². The van der Waals surface area contributed by atoms with E-state index in [2.05, 4.69) is 9.97 Å². The second-order valence-electron chi connectivity index (χ2n) is 3.40. The molecule has 78 valence electrons. The zero-order valence-corrected chi connectivity index (χ0v) is 9.25. The van der Waals surface area contributed by atoms with Gasteiger partial charge in [0.2, 0.25) is 0 Å². The fourth-order valence-corrected chi connectivity index (χ4v) is 1.92. The van der Waals surface area contributed by atoms with Gasteiger partial charge in [0.05, 0.1) is 16.2 Å². The lowest BCUT2D eigenvalue weighted by molar-refractivity contribution is 0.869. The third-order valence-electron chi connectivity index (χ3n) is 2.27. The highest BCUT2D eigenvalue weighted by molar-refractivity contribution is 6.35. The largest absolute Gasteiger partial charge is 0.330 e. The number of benzene rings is 1. The molecule has 1 aromatic heterocycles. The van der Waals surface area contributed by atoms with Gasteiger partial charge in [0.25, 0.3) is 0 Å². The highest BCUT2D eigenvalue weighted by Crippen LogP contribution is 2.24. The Morgan fingerprint density at radius 3 is 2.87 bits per heavy atom. The SMILES string of the molecule is Cc1nc(CCN)nc2cccc(Cl)c12. The molecule has 2 rings (SSSR count). The predicted molar refractivity (Wildman–Crippen MR) is 62.0 cm³/mol. The minimum Gasteiger partial charge on any atom is -0.330 e. The van der Waals surface area contributed by atoms with Crippen molar-refractivity contribution in [3.05, 3.63) is 34.7 Å². The summed E-state index contributed by atoms with van der Waals surface area (Å²) in [5, 5.41) is 1.63. The summed E-state index contributed by atoms with van der Waals surface area (Å²) in [5.41, 5.74) is 7.28. The lowest BCUT2D eigenvalue weighted by Crippen LogP contribution is -2.07. The van der Waals surface area contributed by atoms with E-state index in [1.807, 2.05) is 25.1 Å². The number of hydrogen-bond donors (Lipinski definition) is 1. The molecule has 0 radical (unpaired) electrons. The molecule has 4 heteroatoms. The topological polar surface area (TPSA) is 51.8 Å². The molecule has 1 aromatic carbocycles. The number of fused-ring (bicyclic) bond motifs is 1. The summed E-state index contributed by atoms with van der Waals surface area (Å²) in [6, 6.07) is 5.68.